The lowest BCUT2D eigenvalue weighted by Gasteiger charge is -2.10. The number of furan rings is 1. The van der Waals surface area contributed by atoms with Crippen molar-refractivity contribution in [3.63, 3.8) is 0 Å². The molecule has 0 N–H and O–H groups in total. The predicted molar refractivity (Wildman–Crippen MR) is 109 cm³/mol. The van der Waals surface area contributed by atoms with Crippen molar-refractivity contribution >= 4 is 17.5 Å². The number of hydrogen-bond acceptors (Lipinski definition) is 7. The highest BCUT2D eigenvalue weighted by Crippen LogP contribution is 2.30. The Morgan fingerprint density at radius 3 is 2.61 bits per heavy atom. The van der Waals surface area contributed by atoms with E-state index in [-0.39, 0.29) is 40.9 Å². The van der Waals surface area contributed by atoms with Crippen LogP contribution in [-0.4, -0.2) is 24.4 Å². The third-order valence-electron chi connectivity index (χ3n) is 4.23. The van der Waals surface area contributed by atoms with Crippen molar-refractivity contribution in [2.24, 2.45) is 0 Å². The lowest BCUT2D eigenvalue weighted by atomic mass is 10.1. The smallest absolute Gasteiger partial charge is 0.387 e. The van der Waals surface area contributed by atoms with E-state index >= 15 is 0 Å². The first-order chi connectivity index (χ1) is 15.8. The van der Waals surface area contributed by atoms with Crippen molar-refractivity contribution in [1.29, 1.82) is 0 Å². The number of rotatable bonds is 10. The first-order valence-electron chi connectivity index (χ1n) is 9.27. The van der Waals surface area contributed by atoms with Crippen LogP contribution in [0.3, 0.4) is 0 Å². The molecule has 0 aliphatic carbocycles. The van der Waals surface area contributed by atoms with Gasteiger partial charge < -0.3 is 18.6 Å². The molecular weight excluding hydrogens is 447 g/mol. The topological polar surface area (TPSA) is 101 Å². The Morgan fingerprint density at radius 2 is 1.91 bits per heavy atom. The van der Waals surface area contributed by atoms with E-state index in [1.165, 1.54) is 49.6 Å². The number of nitro groups is 1. The summed E-state index contributed by atoms with van der Waals surface area (Å²) in [5, 5.41) is 11.0. The first-order valence-corrected chi connectivity index (χ1v) is 9.27. The van der Waals surface area contributed by atoms with Crippen LogP contribution in [0.4, 0.5) is 18.9 Å². The van der Waals surface area contributed by atoms with Crippen LogP contribution in [0.1, 0.15) is 21.9 Å². The number of benzene rings is 2. The Bertz CT molecular complexity index is 1190. The highest BCUT2D eigenvalue weighted by Gasteiger charge is 2.17. The molecule has 2 aromatic carbocycles. The predicted octanol–water partition coefficient (Wildman–Crippen LogP) is 5.41. The monoisotopic (exact) mass is 463 g/mol. The van der Waals surface area contributed by atoms with Gasteiger partial charge in [0.25, 0.3) is 0 Å². The molecule has 1 heterocycles. The SMILES string of the molecule is COc1cc(C(=O)/C=C/c2ccc(COc3cc(F)ccc3[N+](=O)[O-])o2)ccc1OC(F)F. The number of carbonyl (C=O) groups is 1. The maximum Gasteiger partial charge on any atom is 0.387 e. The lowest BCUT2D eigenvalue weighted by molar-refractivity contribution is -0.386. The van der Waals surface area contributed by atoms with E-state index in [0.717, 1.165) is 18.2 Å². The minimum Gasteiger partial charge on any atom is -0.493 e. The van der Waals surface area contributed by atoms with E-state index in [0.29, 0.717) is 0 Å². The van der Waals surface area contributed by atoms with E-state index in [1.807, 2.05) is 0 Å². The van der Waals surface area contributed by atoms with Crippen molar-refractivity contribution in [2.75, 3.05) is 7.11 Å². The molecule has 3 aromatic rings. The van der Waals surface area contributed by atoms with Crippen LogP contribution in [-0.2, 0) is 6.61 Å². The largest absolute Gasteiger partial charge is 0.493 e. The first kappa shape index (κ1) is 23.4. The van der Waals surface area contributed by atoms with Crippen molar-refractivity contribution < 1.29 is 41.5 Å². The summed E-state index contributed by atoms with van der Waals surface area (Å²) in [6, 6.07) is 9.66. The normalized spacial score (nSPS) is 11.1. The molecule has 8 nitrogen and oxygen atoms in total. The minimum absolute atomic E-state index is 0.0292. The lowest BCUT2D eigenvalue weighted by Crippen LogP contribution is -2.04. The number of ether oxygens (including phenoxy) is 3. The highest BCUT2D eigenvalue weighted by molar-refractivity contribution is 6.07. The summed E-state index contributed by atoms with van der Waals surface area (Å²) in [5.74, 6) is -1.09. The standard InChI is InChI=1S/C22H16F3NO7/c1-30-21-10-13(2-9-19(21)33-22(24)25)18(27)8-6-15-4-5-16(32-15)12-31-20-11-14(23)3-7-17(20)26(28)29/h2-11,22H,12H2,1H3/b8-6+. The van der Waals surface area contributed by atoms with Gasteiger partial charge in [-0.3, -0.25) is 14.9 Å². The third-order valence-corrected chi connectivity index (χ3v) is 4.23. The fourth-order valence-electron chi connectivity index (χ4n) is 2.73. The minimum atomic E-state index is -3.04. The van der Waals surface area contributed by atoms with Gasteiger partial charge in [0, 0.05) is 17.7 Å². The quantitative estimate of drug-likeness (QED) is 0.171. The van der Waals surface area contributed by atoms with Gasteiger partial charge in [-0.15, -0.1) is 0 Å². The number of hydrogen-bond donors (Lipinski definition) is 0. The Labute approximate surface area is 184 Å². The Morgan fingerprint density at radius 1 is 1.12 bits per heavy atom. The van der Waals surface area contributed by atoms with Crippen LogP contribution in [0.15, 0.2) is 59.0 Å². The number of ketones is 1. The summed E-state index contributed by atoms with van der Waals surface area (Å²) in [5.41, 5.74) is -0.229. The highest BCUT2D eigenvalue weighted by atomic mass is 19.3. The molecule has 0 radical (unpaired) electrons. The number of methoxy groups -OCH3 is 1. The van der Waals surface area contributed by atoms with Gasteiger partial charge in [-0.25, -0.2) is 4.39 Å². The molecule has 0 aliphatic heterocycles. The molecule has 0 saturated carbocycles. The molecule has 0 bridgehead atoms. The summed E-state index contributed by atoms with van der Waals surface area (Å²) in [7, 11) is 1.25. The molecular formula is C22H16F3NO7. The van der Waals surface area contributed by atoms with Crippen LogP contribution in [0.5, 0.6) is 17.2 Å². The maximum absolute atomic E-state index is 13.4. The molecule has 0 unspecified atom stereocenters. The molecule has 1 aromatic heterocycles. The van der Waals surface area contributed by atoms with E-state index in [2.05, 4.69) is 4.74 Å². The number of carbonyl (C=O) groups excluding carboxylic acids is 1. The van der Waals surface area contributed by atoms with Crippen LogP contribution in [0, 0.1) is 15.9 Å². The van der Waals surface area contributed by atoms with Crippen LogP contribution in [0.2, 0.25) is 0 Å². The number of nitrogens with zero attached hydrogens (tertiary/aromatic N) is 1. The van der Waals surface area contributed by atoms with Crippen molar-refractivity contribution in [3.05, 3.63) is 87.6 Å². The van der Waals surface area contributed by atoms with E-state index < -0.39 is 28.8 Å². The summed E-state index contributed by atoms with van der Waals surface area (Å²) in [4.78, 5) is 22.7. The van der Waals surface area contributed by atoms with Gasteiger partial charge in [-0.05, 0) is 48.6 Å². The molecule has 0 atom stereocenters. The average molecular weight is 463 g/mol. The van der Waals surface area contributed by atoms with Crippen LogP contribution < -0.4 is 14.2 Å². The summed E-state index contributed by atoms with van der Waals surface area (Å²) in [6.07, 6.45) is 2.57. The number of allylic oxidation sites excluding steroid dienone is 1. The van der Waals surface area contributed by atoms with Gasteiger partial charge >= 0.3 is 12.3 Å². The number of halogens is 3. The van der Waals surface area contributed by atoms with E-state index in [1.54, 1.807) is 0 Å². The molecule has 0 amide bonds. The molecule has 11 heteroatoms. The zero-order chi connectivity index (χ0) is 24.0. The molecule has 172 valence electrons. The maximum atomic E-state index is 13.4. The van der Waals surface area contributed by atoms with Gasteiger partial charge in [0.2, 0.25) is 0 Å². The van der Waals surface area contributed by atoms with E-state index in [9.17, 15) is 28.1 Å². The molecule has 0 fully saturated rings. The Kier molecular flexibility index (Phi) is 7.34. The van der Waals surface area contributed by atoms with E-state index in [4.69, 9.17) is 13.9 Å². The summed E-state index contributed by atoms with van der Waals surface area (Å²) >= 11 is 0. The fraction of sp³-hybridized carbons (Fsp3) is 0.136. The van der Waals surface area contributed by atoms with Gasteiger partial charge in [-0.2, -0.15) is 8.78 Å². The second-order valence-corrected chi connectivity index (χ2v) is 6.40. The molecule has 0 saturated heterocycles. The zero-order valence-electron chi connectivity index (χ0n) is 17.0. The van der Waals surface area contributed by atoms with Crippen molar-refractivity contribution in [1.82, 2.24) is 0 Å². The zero-order valence-corrected chi connectivity index (χ0v) is 17.0. The fourth-order valence-corrected chi connectivity index (χ4v) is 2.73. The van der Waals surface area contributed by atoms with Crippen LogP contribution in [0.25, 0.3) is 6.08 Å². The number of alkyl halides is 2. The Hall–Kier alpha value is -4.28. The van der Waals surface area contributed by atoms with Crippen molar-refractivity contribution in [2.45, 2.75) is 13.2 Å². The molecule has 0 aliphatic rings. The molecule has 3 rings (SSSR count). The van der Waals surface area contributed by atoms with Gasteiger partial charge in [-0.1, -0.05) is 0 Å². The van der Waals surface area contributed by atoms with Gasteiger partial charge in [0.15, 0.2) is 23.0 Å². The van der Waals surface area contributed by atoms with Crippen LogP contribution >= 0.6 is 0 Å². The summed E-state index contributed by atoms with van der Waals surface area (Å²) < 4.78 is 58.2. The van der Waals surface area contributed by atoms with Gasteiger partial charge in [0.05, 0.1) is 12.0 Å². The van der Waals surface area contributed by atoms with Crippen molar-refractivity contribution in [3.8, 4) is 17.2 Å². The molecule has 33 heavy (non-hydrogen) atoms. The molecule has 0 spiro atoms. The Balaban J connectivity index is 1.66. The second kappa shape index (κ2) is 10.4. The second-order valence-electron chi connectivity index (χ2n) is 6.40. The summed E-state index contributed by atoms with van der Waals surface area (Å²) in [6.45, 7) is -3.25. The number of nitro benzene ring substituents is 1. The average Bonchev–Trinajstić information content (AvgIpc) is 3.23. The van der Waals surface area contributed by atoms with Gasteiger partial charge in [0.1, 0.15) is 23.9 Å². The third kappa shape index (κ3) is 6.12.